The molecule has 1 aliphatic rings. The summed E-state index contributed by atoms with van der Waals surface area (Å²) in [5.74, 6) is 0. The van der Waals surface area contributed by atoms with E-state index in [1.807, 2.05) is 12.1 Å². The van der Waals surface area contributed by atoms with Crippen molar-refractivity contribution >= 4 is 11.4 Å². The average molecular weight is 249 g/mol. The predicted molar refractivity (Wildman–Crippen MR) is 71.7 cm³/mol. The van der Waals surface area contributed by atoms with Crippen molar-refractivity contribution in [3.05, 3.63) is 33.9 Å². The van der Waals surface area contributed by atoms with Crippen molar-refractivity contribution in [3.63, 3.8) is 0 Å². The summed E-state index contributed by atoms with van der Waals surface area (Å²) in [5.41, 5.74) is 1.83. The highest BCUT2D eigenvalue weighted by molar-refractivity contribution is 5.62. The molecule has 0 aliphatic heterocycles. The van der Waals surface area contributed by atoms with E-state index in [1.54, 1.807) is 13.1 Å². The van der Waals surface area contributed by atoms with Gasteiger partial charge in [-0.3, -0.25) is 15.0 Å². The first-order valence-corrected chi connectivity index (χ1v) is 6.27. The van der Waals surface area contributed by atoms with Gasteiger partial charge in [-0.2, -0.15) is 0 Å². The van der Waals surface area contributed by atoms with Crippen molar-refractivity contribution in [2.45, 2.75) is 31.8 Å². The molecule has 0 aromatic heterocycles. The van der Waals surface area contributed by atoms with Gasteiger partial charge in [0.2, 0.25) is 0 Å². The second-order valence-electron chi connectivity index (χ2n) is 4.86. The van der Waals surface area contributed by atoms with Crippen LogP contribution in [0.1, 0.15) is 24.8 Å². The summed E-state index contributed by atoms with van der Waals surface area (Å²) < 4.78 is 0. The maximum absolute atomic E-state index is 10.8. The Hall–Kier alpha value is -1.62. The molecule has 0 radical (unpaired) electrons. The monoisotopic (exact) mass is 249 g/mol. The summed E-state index contributed by atoms with van der Waals surface area (Å²) in [6.07, 6.45) is 3.85. The molecule has 1 fully saturated rings. The molecule has 0 amide bonds. The van der Waals surface area contributed by atoms with Crippen LogP contribution >= 0.6 is 0 Å². The van der Waals surface area contributed by atoms with Gasteiger partial charge in [0.1, 0.15) is 5.69 Å². The van der Waals surface area contributed by atoms with Gasteiger partial charge >= 0.3 is 0 Å². The van der Waals surface area contributed by atoms with Crippen LogP contribution in [-0.2, 0) is 6.54 Å². The first kappa shape index (κ1) is 12.8. The van der Waals surface area contributed by atoms with Crippen molar-refractivity contribution < 1.29 is 4.92 Å². The minimum absolute atomic E-state index is 0.132. The van der Waals surface area contributed by atoms with Crippen LogP contribution in [0.3, 0.4) is 0 Å². The molecule has 0 bridgehead atoms. The number of hydrogen-bond acceptors (Lipinski definition) is 4. The highest BCUT2D eigenvalue weighted by Crippen LogP contribution is 2.28. The zero-order valence-corrected chi connectivity index (χ0v) is 10.8. The molecule has 0 unspecified atom stereocenters. The van der Waals surface area contributed by atoms with Crippen LogP contribution in [0, 0.1) is 10.1 Å². The molecular weight excluding hydrogens is 230 g/mol. The summed E-state index contributed by atoms with van der Waals surface area (Å²) in [6, 6.07) is 5.97. The van der Waals surface area contributed by atoms with E-state index in [4.69, 9.17) is 0 Å². The highest BCUT2D eigenvalue weighted by atomic mass is 16.6. The number of nitrogens with one attached hydrogen (secondary N) is 1. The molecule has 98 valence electrons. The molecule has 1 aromatic carbocycles. The van der Waals surface area contributed by atoms with Crippen LogP contribution in [-0.4, -0.2) is 30.0 Å². The van der Waals surface area contributed by atoms with E-state index in [2.05, 4.69) is 17.3 Å². The standard InChI is InChI=1S/C13H19N3O2/c1-14-12-8-10(6-7-13(12)16(17)18)9-15(2)11-4-3-5-11/h6-8,11,14H,3-5,9H2,1-2H3. The van der Waals surface area contributed by atoms with Crippen molar-refractivity contribution in [2.24, 2.45) is 0 Å². The average Bonchev–Trinajstić information content (AvgIpc) is 2.25. The van der Waals surface area contributed by atoms with Gasteiger partial charge in [0.05, 0.1) is 4.92 Å². The molecule has 1 N–H and O–H groups in total. The Labute approximate surface area is 107 Å². The normalized spacial score (nSPS) is 15.5. The molecule has 0 atom stereocenters. The molecule has 5 nitrogen and oxygen atoms in total. The van der Waals surface area contributed by atoms with E-state index >= 15 is 0 Å². The van der Waals surface area contributed by atoms with Gasteiger partial charge in [-0.05, 0) is 31.5 Å². The Balaban J connectivity index is 2.11. The summed E-state index contributed by atoms with van der Waals surface area (Å²) in [4.78, 5) is 12.8. The van der Waals surface area contributed by atoms with Crippen LogP contribution in [0.2, 0.25) is 0 Å². The van der Waals surface area contributed by atoms with E-state index in [1.165, 1.54) is 19.3 Å². The van der Waals surface area contributed by atoms with Gasteiger partial charge in [-0.1, -0.05) is 12.5 Å². The minimum atomic E-state index is -0.356. The van der Waals surface area contributed by atoms with Crippen molar-refractivity contribution in [1.29, 1.82) is 0 Å². The highest BCUT2D eigenvalue weighted by Gasteiger charge is 2.22. The summed E-state index contributed by atoms with van der Waals surface area (Å²) in [6.45, 7) is 0.845. The van der Waals surface area contributed by atoms with Gasteiger partial charge in [0.25, 0.3) is 5.69 Å². The van der Waals surface area contributed by atoms with E-state index in [0.29, 0.717) is 11.7 Å². The second-order valence-corrected chi connectivity index (χ2v) is 4.86. The molecule has 5 heteroatoms. The van der Waals surface area contributed by atoms with E-state index < -0.39 is 0 Å². The van der Waals surface area contributed by atoms with Crippen LogP contribution in [0.4, 0.5) is 11.4 Å². The molecule has 18 heavy (non-hydrogen) atoms. The third kappa shape index (κ3) is 2.61. The number of anilines is 1. The SMILES string of the molecule is CNc1cc(CN(C)C2CCC2)ccc1[N+](=O)[O-]. The number of nitro benzene ring substituents is 1. The Morgan fingerprint density at radius 1 is 1.50 bits per heavy atom. The van der Waals surface area contributed by atoms with Crippen LogP contribution < -0.4 is 5.32 Å². The smallest absolute Gasteiger partial charge is 0.292 e. The Morgan fingerprint density at radius 2 is 2.22 bits per heavy atom. The maximum Gasteiger partial charge on any atom is 0.292 e. The third-order valence-electron chi connectivity index (χ3n) is 3.66. The van der Waals surface area contributed by atoms with E-state index in [0.717, 1.165) is 12.1 Å². The quantitative estimate of drug-likeness (QED) is 0.643. The number of benzene rings is 1. The molecule has 0 heterocycles. The Morgan fingerprint density at radius 3 is 2.72 bits per heavy atom. The Kier molecular flexibility index (Phi) is 3.81. The zero-order chi connectivity index (χ0) is 13.1. The predicted octanol–water partition coefficient (Wildman–Crippen LogP) is 2.62. The fourth-order valence-electron chi connectivity index (χ4n) is 2.29. The summed E-state index contributed by atoms with van der Waals surface area (Å²) >= 11 is 0. The first-order chi connectivity index (χ1) is 8.61. The number of rotatable bonds is 5. The van der Waals surface area contributed by atoms with Gasteiger partial charge in [-0.25, -0.2) is 0 Å². The lowest BCUT2D eigenvalue weighted by Gasteiger charge is -2.34. The molecular formula is C13H19N3O2. The first-order valence-electron chi connectivity index (χ1n) is 6.27. The molecule has 2 rings (SSSR count). The lowest BCUT2D eigenvalue weighted by molar-refractivity contribution is -0.384. The Bertz CT molecular complexity index is 444. The molecule has 1 aromatic rings. The van der Waals surface area contributed by atoms with Crippen LogP contribution in [0.15, 0.2) is 18.2 Å². The minimum Gasteiger partial charge on any atom is -0.383 e. The number of hydrogen-bond donors (Lipinski definition) is 1. The topological polar surface area (TPSA) is 58.4 Å². The van der Waals surface area contributed by atoms with Crippen molar-refractivity contribution in [1.82, 2.24) is 4.90 Å². The molecule has 1 aliphatic carbocycles. The number of nitro groups is 1. The van der Waals surface area contributed by atoms with Gasteiger partial charge in [0.15, 0.2) is 0 Å². The fourth-order valence-corrected chi connectivity index (χ4v) is 2.29. The zero-order valence-electron chi connectivity index (χ0n) is 10.8. The second kappa shape index (κ2) is 5.35. The fraction of sp³-hybridized carbons (Fsp3) is 0.538. The van der Waals surface area contributed by atoms with Gasteiger partial charge in [0, 0.05) is 25.7 Å². The molecule has 0 spiro atoms. The van der Waals surface area contributed by atoms with Crippen molar-refractivity contribution in [3.8, 4) is 0 Å². The van der Waals surface area contributed by atoms with Gasteiger partial charge in [-0.15, -0.1) is 0 Å². The van der Waals surface area contributed by atoms with E-state index in [-0.39, 0.29) is 10.6 Å². The van der Waals surface area contributed by atoms with Crippen LogP contribution in [0.5, 0.6) is 0 Å². The van der Waals surface area contributed by atoms with Gasteiger partial charge < -0.3 is 5.32 Å². The maximum atomic E-state index is 10.8. The summed E-state index contributed by atoms with van der Waals surface area (Å²) in [5, 5.41) is 13.7. The lowest BCUT2D eigenvalue weighted by atomic mass is 9.91. The molecule has 0 saturated heterocycles. The van der Waals surface area contributed by atoms with Crippen molar-refractivity contribution in [2.75, 3.05) is 19.4 Å². The lowest BCUT2D eigenvalue weighted by Crippen LogP contribution is -2.36. The number of nitrogens with zero attached hydrogens (tertiary/aromatic N) is 2. The van der Waals surface area contributed by atoms with E-state index in [9.17, 15) is 10.1 Å². The molecule has 1 saturated carbocycles. The largest absolute Gasteiger partial charge is 0.383 e. The summed E-state index contributed by atoms with van der Waals surface area (Å²) in [7, 11) is 3.83. The van der Waals surface area contributed by atoms with Crippen LogP contribution in [0.25, 0.3) is 0 Å². The third-order valence-corrected chi connectivity index (χ3v) is 3.66.